The van der Waals surface area contributed by atoms with Gasteiger partial charge in [0.1, 0.15) is 11.9 Å². The molecule has 2 saturated heterocycles. The van der Waals surface area contributed by atoms with E-state index in [2.05, 4.69) is 29.6 Å². The third kappa shape index (κ3) is 3.65. The summed E-state index contributed by atoms with van der Waals surface area (Å²) in [4.78, 5) is 0. The van der Waals surface area contributed by atoms with Crippen LogP contribution in [0.5, 0.6) is 5.75 Å². The molecule has 2 atom stereocenters. The van der Waals surface area contributed by atoms with Gasteiger partial charge in [-0.05, 0) is 36.3 Å². The maximum atomic E-state index is 6.02. The highest BCUT2D eigenvalue weighted by molar-refractivity contribution is 7.99. The van der Waals surface area contributed by atoms with Crippen molar-refractivity contribution >= 4 is 11.8 Å². The molecule has 2 heterocycles. The number of thioether (sulfide) groups is 1. The average Bonchev–Trinajstić information content (AvgIpc) is 2.50. The molecule has 3 rings (SSSR count). The van der Waals surface area contributed by atoms with Gasteiger partial charge in [-0.25, -0.2) is 0 Å². The summed E-state index contributed by atoms with van der Waals surface area (Å²) >= 11 is 1.99. The zero-order chi connectivity index (χ0) is 12.9. The molecule has 1 aromatic carbocycles. The second kappa shape index (κ2) is 6.64. The van der Waals surface area contributed by atoms with Crippen LogP contribution in [-0.4, -0.2) is 37.3 Å². The van der Waals surface area contributed by atoms with Crippen LogP contribution in [0.2, 0.25) is 0 Å². The Kier molecular flexibility index (Phi) is 4.64. The Morgan fingerprint density at radius 1 is 1.26 bits per heavy atom. The molecule has 0 saturated carbocycles. The lowest BCUT2D eigenvalue weighted by molar-refractivity contribution is 0.0276. The first kappa shape index (κ1) is 13.3. The summed E-state index contributed by atoms with van der Waals surface area (Å²) in [5.74, 6) is 3.39. The van der Waals surface area contributed by atoms with Gasteiger partial charge in [0.05, 0.1) is 12.7 Å². The van der Waals surface area contributed by atoms with Crippen LogP contribution in [-0.2, 0) is 4.74 Å². The van der Waals surface area contributed by atoms with Crippen LogP contribution in [0.25, 0.3) is 0 Å². The van der Waals surface area contributed by atoms with Crippen molar-refractivity contribution < 1.29 is 9.47 Å². The Hall–Kier alpha value is -0.710. The third-order valence-electron chi connectivity index (χ3n) is 3.60. The highest BCUT2D eigenvalue weighted by Crippen LogP contribution is 2.25. The van der Waals surface area contributed by atoms with Crippen molar-refractivity contribution in [2.24, 2.45) is 0 Å². The lowest BCUT2D eigenvalue weighted by Crippen LogP contribution is -2.33. The summed E-state index contributed by atoms with van der Waals surface area (Å²) in [7, 11) is 0. The maximum absolute atomic E-state index is 6.02. The molecule has 0 aliphatic carbocycles. The number of hydrogen-bond donors (Lipinski definition) is 1. The van der Waals surface area contributed by atoms with E-state index in [0.717, 1.165) is 31.2 Å². The van der Waals surface area contributed by atoms with Crippen LogP contribution in [0.15, 0.2) is 24.3 Å². The van der Waals surface area contributed by atoms with Crippen LogP contribution in [0.1, 0.15) is 24.5 Å². The quantitative estimate of drug-likeness (QED) is 0.921. The van der Waals surface area contributed by atoms with Gasteiger partial charge < -0.3 is 14.8 Å². The summed E-state index contributed by atoms with van der Waals surface area (Å²) < 4.78 is 11.8. The van der Waals surface area contributed by atoms with Crippen molar-refractivity contribution in [3.8, 4) is 5.75 Å². The zero-order valence-corrected chi connectivity index (χ0v) is 12.0. The molecule has 0 aromatic heterocycles. The molecule has 0 amide bonds. The van der Waals surface area contributed by atoms with Gasteiger partial charge in [0, 0.05) is 18.8 Å². The molecule has 2 fully saturated rings. The fourth-order valence-corrected chi connectivity index (χ4v) is 3.57. The van der Waals surface area contributed by atoms with E-state index in [1.807, 2.05) is 11.8 Å². The van der Waals surface area contributed by atoms with Gasteiger partial charge in [-0.15, -0.1) is 0 Å². The Balaban J connectivity index is 1.58. The van der Waals surface area contributed by atoms with Crippen LogP contribution in [0, 0.1) is 0 Å². The molecule has 104 valence electrons. The molecular weight excluding hydrogens is 258 g/mol. The number of ether oxygens (including phenoxy) is 2. The van der Waals surface area contributed by atoms with Crippen LogP contribution in [0.4, 0.5) is 0 Å². The van der Waals surface area contributed by atoms with Gasteiger partial charge in [-0.3, -0.25) is 0 Å². The van der Waals surface area contributed by atoms with Gasteiger partial charge in [0.25, 0.3) is 0 Å². The van der Waals surface area contributed by atoms with Crippen molar-refractivity contribution in [1.29, 1.82) is 0 Å². The van der Waals surface area contributed by atoms with Crippen LogP contribution < -0.4 is 10.1 Å². The molecule has 1 aromatic rings. The first-order chi connectivity index (χ1) is 9.42. The van der Waals surface area contributed by atoms with Gasteiger partial charge in [-0.1, -0.05) is 12.1 Å². The van der Waals surface area contributed by atoms with E-state index < -0.39 is 0 Å². The number of hydrogen-bond acceptors (Lipinski definition) is 4. The summed E-state index contributed by atoms with van der Waals surface area (Å²) in [6, 6.07) is 8.41. The molecule has 2 aliphatic rings. The molecule has 4 heteroatoms. The molecule has 2 aliphatic heterocycles. The monoisotopic (exact) mass is 279 g/mol. The smallest absolute Gasteiger partial charge is 0.119 e. The Morgan fingerprint density at radius 3 is 2.84 bits per heavy atom. The lowest BCUT2D eigenvalue weighted by atomic mass is 10.1. The molecule has 19 heavy (non-hydrogen) atoms. The summed E-state index contributed by atoms with van der Waals surface area (Å²) in [6.45, 7) is 2.65. The zero-order valence-electron chi connectivity index (χ0n) is 11.1. The lowest BCUT2D eigenvalue weighted by Gasteiger charge is -2.25. The number of rotatable bonds is 3. The van der Waals surface area contributed by atoms with Crippen molar-refractivity contribution in [2.75, 3.05) is 31.2 Å². The first-order valence-corrected chi connectivity index (χ1v) is 8.24. The minimum absolute atomic E-state index is 0.188. The van der Waals surface area contributed by atoms with E-state index in [-0.39, 0.29) is 6.10 Å². The van der Waals surface area contributed by atoms with Crippen LogP contribution >= 0.6 is 11.8 Å². The van der Waals surface area contributed by atoms with Gasteiger partial charge in [0.2, 0.25) is 0 Å². The molecule has 2 unspecified atom stereocenters. The number of morpholine rings is 1. The maximum Gasteiger partial charge on any atom is 0.119 e. The second-order valence-electron chi connectivity index (χ2n) is 5.09. The van der Waals surface area contributed by atoms with E-state index in [9.17, 15) is 0 Å². The van der Waals surface area contributed by atoms with E-state index in [0.29, 0.717) is 6.10 Å². The van der Waals surface area contributed by atoms with Gasteiger partial charge in [-0.2, -0.15) is 11.8 Å². The predicted molar refractivity (Wildman–Crippen MR) is 79.0 cm³/mol. The standard InChI is InChI=1S/C15H21NO2S/c1-2-14(11-19-9-1)18-13-5-3-12(4-6-13)15-10-16-7-8-17-15/h3-6,14-16H,1-2,7-11H2. The molecule has 0 radical (unpaired) electrons. The topological polar surface area (TPSA) is 30.5 Å². The van der Waals surface area contributed by atoms with E-state index in [4.69, 9.17) is 9.47 Å². The second-order valence-corrected chi connectivity index (χ2v) is 6.24. The Labute approximate surface area is 119 Å². The van der Waals surface area contributed by atoms with Crippen molar-refractivity contribution in [1.82, 2.24) is 5.32 Å². The molecular formula is C15H21NO2S. The molecule has 0 spiro atoms. The van der Waals surface area contributed by atoms with Crippen LogP contribution in [0.3, 0.4) is 0 Å². The predicted octanol–water partition coefficient (Wildman–Crippen LogP) is 2.62. The number of nitrogens with one attached hydrogen (secondary N) is 1. The molecule has 3 nitrogen and oxygen atoms in total. The minimum Gasteiger partial charge on any atom is -0.490 e. The third-order valence-corrected chi connectivity index (χ3v) is 4.79. The van der Waals surface area contributed by atoms with E-state index >= 15 is 0 Å². The normalized spacial score (nSPS) is 28.0. The SMILES string of the molecule is c1cc(C2CNCCO2)ccc1OC1CCCSC1. The largest absolute Gasteiger partial charge is 0.490 e. The first-order valence-electron chi connectivity index (χ1n) is 7.08. The van der Waals surface area contributed by atoms with Crippen molar-refractivity contribution in [3.05, 3.63) is 29.8 Å². The summed E-state index contributed by atoms with van der Waals surface area (Å²) in [5, 5.41) is 3.35. The van der Waals surface area contributed by atoms with Crippen molar-refractivity contribution in [3.63, 3.8) is 0 Å². The van der Waals surface area contributed by atoms with Gasteiger partial charge in [0.15, 0.2) is 0 Å². The highest BCUT2D eigenvalue weighted by atomic mass is 32.2. The van der Waals surface area contributed by atoms with E-state index in [1.165, 1.54) is 24.2 Å². The fraction of sp³-hybridized carbons (Fsp3) is 0.600. The molecule has 1 N–H and O–H groups in total. The van der Waals surface area contributed by atoms with Gasteiger partial charge >= 0.3 is 0 Å². The minimum atomic E-state index is 0.188. The number of benzene rings is 1. The van der Waals surface area contributed by atoms with E-state index in [1.54, 1.807) is 0 Å². The average molecular weight is 279 g/mol. The fourth-order valence-electron chi connectivity index (χ4n) is 2.54. The summed E-state index contributed by atoms with van der Waals surface area (Å²) in [6.07, 6.45) is 3.03. The Bertz CT molecular complexity index is 384. The Morgan fingerprint density at radius 2 is 2.16 bits per heavy atom. The molecule has 0 bridgehead atoms. The summed E-state index contributed by atoms with van der Waals surface area (Å²) in [5.41, 5.74) is 1.23. The van der Waals surface area contributed by atoms with Crippen molar-refractivity contribution in [2.45, 2.75) is 25.0 Å². The highest BCUT2D eigenvalue weighted by Gasteiger charge is 2.17.